The summed E-state index contributed by atoms with van der Waals surface area (Å²) < 4.78 is 5.13. The number of ether oxygens (including phenoxy) is 1. The number of nitrogens with one attached hydrogen (secondary N) is 1. The fourth-order valence-electron chi connectivity index (χ4n) is 2.19. The second-order valence-corrected chi connectivity index (χ2v) is 4.77. The van der Waals surface area contributed by atoms with Gasteiger partial charge in [-0.1, -0.05) is 0 Å². The number of hydrogen-bond acceptors (Lipinski definition) is 4. The minimum absolute atomic E-state index is 0.0247. The summed E-state index contributed by atoms with van der Waals surface area (Å²) in [5.74, 6) is -0.0887. The summed E-state index contributed by atoms with van der Waals surface area (Å²) >= 11 is 1.67. The van der Waals surface area contributed by atoms with Crippen molar-refractivity contribution in [2.45, 2.75) is 25.8 Å². The molecular weight excluding hydrogens is 222 g/mol. The van der Waals surface area contributed by atoms with Gasteiger partial charge < -0.3 is 10.1 Å². The Kier molecular flexibility index (Phi) is 3.96. The van der Waals surface area contributed by atoms with Gasteiger partial charge in [-0.15, -0.1) is 0 Å². The second-order valence-electron chi connectivity index (χ2n) is 3.99. The van der Waals surface area contributed by atoms with E-state index >= 15 is 0 Å². The SMILES string of the molecule is CCOC(=O)C1CCCNC1c1ccsc1. The molecule has 0 bridgehead atoms. The number of piperidine rings is 1. The molecule has 4 heteroatoms. The molecular formula is C12H17NO2S. The lowest BCUT2D eigenvalue weighted by Crippen LogP contribution is -2.38. The van der Waals surface area contributed by atoms with E-state index in [1.54, 1.807) is 11.3 Å². The topological polar surface area (TPSA) is 38.3 Å². The molecule has 0 aliphatic carbocycles. The van der Waals surface area contributed by atoms with E-state index < -0.39 is 0 Å². The zero-order valence-corrected chi connectivity index (χ0v) is 10.3. The van der Waals surface area contributed by atoms with Crippen LogP contribution in [0.3, 0.4) is 0 Å². The minimum atomic E-state index is -0.0640. The quantitative estimate of drug-likeness (QED) is 0.823. The molecule has 1 aliphatic rings. The Labute approximate surface area is 99.8 Å². The molecule has 1 aliphatic heterocycles. The van der Waals surface area contributed by atoms with Crippen LogP contribution in [0.2, 0.25) is 0 Å². The molecule has 3 nitrogen and oxygen atoms in total. The number of esters is 1. The van der Waals surface area contributed by atoms with Crippen LogP contribution in [0.15, 0.2) is 16.8 Å². The van der Waals surface area contributed by atoms with Gasteiger partial charge in [0.1, 0.15) is 0 Å². The van der Waals surface area contributed by atoms with E-state index in [2.05, 4.69) is 16.8 Å². The van der Waals surface area contributed by atoms with Crippen molar-refractivity contribution in [3.8, 4) is 0 Å². The van der Waals surface area contributed by atoms with Crippen LogP contribution in [0.1, 0.15) is 31.4 Å². The first kappa shape index (κ1) is 11.6. The molecule has 0 radical (unpaired) electrons. The average molecular weight is 239 g/mol. The molecule has 1 saturated heterocycles. The van der Waals surface area contributed by atoms with Crippen molar-refractivity contribution in [3.63, 3.8) is 0 Å². The van der Waals surface area contributed by atoms with Crippen LogP contribution in [-0.4, -0.2) is 19.1 Å². The van der Waals surface area contributed by atoms with E-state index in [0.29, 0.717) is 6.61 Å². The molecule has 1 N–H and O–H groups in total. The maximum atomic E-state index is 11.8. The van der Waals surface area contributed by atoms with Crippen molar-refractivity contribution in [2.24, 2.45) is 5.92 Å². The highest BCUT2D eigenvalue weighted by Crippen LogP contribution is 2.31. The van der Waals surface area contributed by atoms with Gasteiger partial charge in [0.25, 0.3) is 0 Å². The van der Waals surface area contributed by atoms with Gasteiger partial charge in [-0.3, -0.25) is 4.79 Å². The number of rotatable bonds is 3. The molecule has 0 aromatic carbocycles. The van der Waals surface area contributed by atoms with E-state index in [0.717, 1.165) is 19.4 Å². The first-order chi connectivity index (χ1) is 7.83. The lowest BCUT2D eigenvalue weighted by atomic mass is 9.87. The highest BCUT2D eigenvalue weighted by molar-refractivity contribution is 7.07. The monoisotopic (exact) mass is 239 g/mol. The number of carbonyl (C=O) groups is 1. The number of hydrogen-bond donors (Lipinski definition) is 1. The van der Waals surface area contributed by atoms with Crippen molar-refractivity contribution in [1.29, 1.82) is 0 Å². The van der Waals surface area contributed by atoms with Crippen LogP contribution in [0, 0.1) is 5.92 Å². The summed E-state index contributed by atoms with van der Waals surface area (Å²) in [4.78, 5) is 11.8. The third-order valence-electron chi connectivity index (χ3n) is 2.95. The molecule has 0 spiro atoms. The van der Waals surface area contributed by atoms with Crippen molar-refractivity contribution < 1.29 is 9.53 Å². The number of carbonyl (C=O) groups excluding carboxylic acids is 1. The molecule has 2 heterocycles. The summed E-state index contributed by atoms with van der Waals surface area (Å²) in [5.41, 5.74) is 1.21. The highest BCUT2D eigenvalue weighted by atomic mass is 32.1. The van der Waals surface area contributed by atoms with E-state index in [1.165, 1.54) is 5.56 Å². The van der Waals surface area contributed by atoms with Crippen LogP contribution >= 0.6 is 11.3 Å². The first-order valence-electron chi connectivity index (χ1n) is 5.75. The molecule has 1 aromatic heterocycles. The van der Waals surface area contributed by atoms with Crippen LogP contribution in [-0.2, 0) is 9.53 Å². The van der Waals surface area contributed by atoms with Gasteiger partial charge in [-0.25, -0.2) is 0 Å². The van der Waals surface area contributed by atoms with E-state index in [1.807, 2.05) is 12.3 Å². The average Bonchev–Trinajstić information content (AvgIpc) is 2.83. The van der Waals surface area contributed by atoms with Gasteiger partial charge in [0, 0.05) is 6.04 Å². The summed E-state index contributed by atoms with van der Waals surface area (Å²) in [6.07, 6.45) is 1.97. The molecule has 1 fully saturated rings. The standard InChI is InChI=1S/C12H17NO2S/c1-2-15-12(14)10-4-3-6-13-11(10)9-5-7-16-8-9/h5,7-8,10-11,13H,2-4,6H2,1H3. The summed E-state index contributed by atoms with van der Waals surface area (Å²) in [7, 11) is 0. The molecule has 2 unspecified atom stereocenters. The van der Waals surface area contributed by atoms with Gasteiger partial charge in [-0.05, 0) is 48.7 Å². The number of thiophene rings is 1. The zero-order chi connectivity index (χ0) is 11.4. The van der Waals surface area contributed by atoms with Crippen LogP contribution < -0.4 is 5.32 Å². The summed E-state index contributed by atoms with van der Waals surface area (Å²) in [5, 5.41) is 7.57. The maximum absolute atomic E-state index is 11.8. The molecule has 88 valence electrons. The third-order valence-corrected chi connectivity index (χ3v) is 3.65. The lowest BCUT2D eigenvalue weighted by molar-refractivity contribution is -0.150. The fraction of sp³-hybridized carbons (Fsp3) is 0.583. The Bertz CT molecular complexity index is 337. The highest BCUT2D eigenvalue weighted by Gasteiger charge is 2.32. The first-order valence-corrected chi connectivity index (χ1v) is 6.69. The Morgan fingerprint density at radius 3 is 3.25 bits per heavy atom. The Morgan fingerprint density at radius 1 is 1.69 bits per heavy atom. The van der Waals surface area contributed by atoms with E-state index in [-0.39, 0.29) is 17.9 Å². The third kappa shape index (κ3) is 2.44. The normalized spacial score (nSPS) is 25.3. The predicted octanol–water partition coefficient (Wildman–Crippen LogP) is 2.35. The van der Waals surface area contributed by atoms with Crippen molar-refractivity contribution >= 4 is 17.3 Å². The molecule has 0 saturated carbocycles. The molecule has 1 aromatic rings. The maximum Gasteiger partial charge on any atom is 0.310 e. The van der Waals surface area contributed by atoms with Gasteiger partial charge in [0.15, 0.2) is 0 Å². The van der Waals surface area contributed by atoms with E-state index in [4.69, 9.17) is 4.74 Å². The second kappa shape index (κ2) is 5.46. The minimum Gasteiger partial charge on any atom is -0.466 e. The fourth-order valence-corrected chi connectivity index (χ4v) is 2.89. The smallest absolute Gasteiger partial charge is 0.310 e. The van der Waals surface area contributed by atoms with Gasteiger partial charge in [-0.2, -0.15) is 11.3 Å². The van der Waals surface area contributed by atoms with E-state index in [9.17, 15) is 4.79 Å². The van der Waals surface area contributed by atoms with Crippen molar-refractivity contribution in [2.75, 3.05) is 13.2 Å². The lowest BCUT2D eigenvalue weighted by Gasteiger charge is -2.30. The molecule has 16 heavy (non-hydrogen) atoms. The Balaban J connectivity index is 2.11. The summed E-state index contributed by atoms with van der Waals surface area (Å²) in [6.45, 7) is 3.30. The van der Waals surface area contributed by atoms with Crippen LogP contribution in [0.4, 0.5) is 0 Å². The van der Waals surface area contributed by atoms with Gasteiger partial charge in [0.2, 0.25) is 0 Å². The largest absolute Gasteiger partial charge is 0.466 e. The Hall–Kier alpha value is -0.870. The molecule has 0 amide bonds. The zero-order valence-electron chi connectivity index (χ0n) is 9.44. The van der Waals surface area contributed by atoms with Crippen molar-refractivity contribution in [3.05, 3.63) is 22.4 Å². The predicted molar refractivity (Wildman–Crippen MR) is 64.4 cm³/mol. The van der Waals surface area contributed by atoms with Gasteiger partial charge >= 0.3 is 5.97 Å². The van der Waals surface area contributed by atoms with Crippen molar-refractivity contribution in [1.82, 2.24) is 5.32 Å². The molecule has 2 rings (SSSR count). The summed E-state index contributed by atoms with van der Waals surface area (Å²) in [6, 6.07) is 2.22. The molecule has 2 atom stereocenters. The van der Waals surface area contributed by atoms with Crippen LogP contribution in [0.25, 0.3) is 0 Å². The van der Waals surface area contributed by atoms with Crippen LogP contribution in [0.5, 0.6) is 0 Å². The van der Waals surface area contributed by atoms with Gasteiger partial charge in [0.05, 0.1) is 12.5 Å². The Morgan fingerprint density at radius 2 is 2.56 bits per heavy atom.